The first kappa shape index (κ1) is 12.6. The van der Waals surface area contributed by atoms with Gasteiger partial charge in [0.05, 0.1) is 21.8 Å². The molecule has 1 aliphatic rings. The largest absolute Gasteiger partial charge is 0.277 e. The summed E-state index contributed by atoms with van der Waals surface area (Å²) in [5.41, 5.74) is 0.810. The number of likely N-dealkylation sites (tertiary alicyclic amines) is 1. The average molecular weight is 295 g/mol. The molecule has 1 fully saturated rings. The lowest BCUT2D eigenvalue weighted by atomic mass is 10.1. The average Bonchev–Trinajstić information content (AvgIpc) is 2.78. The third-order valence-corrected chi connectivity index (χ3v) is 4.68. The molecule has 2 aromatic heterocycles. The van der Waals surface area contributed by atoms with Crippen LogP contribution in [0, 0.1) is 0 Å². The summed E-state index contributed by atoms with van der Waals surface area (Å²) < 4.78 is 0.899. The van der Waals surface area contributed by atoms with E-state index in [0.29, 0.717) is 30.8 Å². The van der Waals surface area contributed by atoms with Crippen molar-refractivity contribution in [1.29, 1.82) is 0 Å². The highest BCUT2D eigenvalue weighted by atomic mass is 35.5. The first-order valence-electron chi connectivity index (χ1n) is 6.01. The van der Waals surface area contributed by atoms with Crippen LogP contribution in [-0.4, -0.2) is 21.7 Å². The molecule has 2 amide bonds. The van der Waals surface area contributed by atoms with Gasteiger partial charge >= 0.3 is 0 Å². The van der Waals surface area contributed by atoms with Crippen molar-refractivity contribution in [1.82, 2.24) is 9.88 Å². The van der Waals surface area contributed by atoms with Gasteiger partial charge in [0, 0.05) is 23.9 Å². The van der Waals surface area contributed by atoms with Gasteiger partial charge in [-0.2, -0.15) is 0 Å². The van der Waals surface area contributed by atoms with Crippen LogP contribution in [0.1, 0.15) is 24.1 Å². The zero-order valence-corrected chi connectivity index (χ0v) is 11.6. The third-order valence-electron chi connectivity index (χ3n) is 3.11. The zero-order valence-electron chi connectivity index (χ0n) is 10.1. The van der Waals surface area contributed by atoms with Crippen LogP contribution in [0.2, 0.25) is 5.02 Å². The van der Waals surface area contributed by atoms with Gasteiger partial charge in [-0.05, 0) is 18.6 Å². The number of piperidine rings is 1. The van der Waals surface area contributed by atoms with Crippen molar-refractivity contribution in [3.05, 3.63) is 28.2 Å². The van der Waals surface area contributed by atoms with E-state index in [1.807, 2.05) is 6.07 Å². The van der Waals surface area contributed by atoms with E-state index >= 15 is 0 Å². The second-order valence-electron chi connectivity index (χ2n) is 4.45. The van der Waals surface area contributed by atoms with E-state index in [-0.39, 0.29) is 11.8 Å². The normalized spacial score (nSPS) is 16.4. The summed E-state index contributed by atoms with van der Waals surface area (Å²) in [5.74, 6) is -0.180. The number of hydrogen-bond donors (Lipinski definition) is 0. The number of carbonyl (C=O) groups excluding carboxylic acids is 2. The number of aromatic nitrogens is 1. The van der Waals surface area contributed by atoms with Crippen LogP contribution in [-0.2, 0) is 16.1 Å². The van der Waals surface area contributed by atoms with E-state index in [1.54, 1.807) is 12.3 Å². The summed E-state index contributed by atoms with van der Waals surface area (Å²) in [6.45, 7) is 0.328. The van der Waals surface area contributed by atoms with E-state index in [0.717, 1.165) is 15.1 Å². The predicted molar refractivity (Wildman–Crippen MR) is 74.0 cm³/mol. The lowest BCUT2D eigenvalue weighted by Crippen LogP contribution is -2.39. The quantitative estimate of drug-likeness (QED) is 0.800. The van der Waals surface area contributed by atoms with Gasteiger partial charge in [-0.15, -0.1) is 11.3 Å². The lowest BCUT2D eigenvalue weighted by Gasteiger charge is -2.24. The standard InChI is InChI=1S/C13H11ClN2O2S/c14-9-4-5-15-10-6-8(19-13(9)10)7-16-11(17)2-1-3-12(16)18/h4-6H,1-3,7H2. The van der Waals surface area contributed by atoms with Crippen LogP contribution >= 0.6 is 22.9 Å². The van der Waals surface area contributed by atoms with E-state index in [2.05, 4.69) is 4.98 Å². The lowest BCUT2D eigenvalue weighted by molar-refractivity contribution is -0.148. The Bertz CT molecular complexity index is 652. The molecule has 0 aliphatic carbocycles. The van der Waals surface area contributed by atoms with Gasteiger partial charge in [0.25, 0.3) is 0 Å². The highest BCUT2D eigenvalue weighted by Gasteiger charge is 2.26. The number of halogens is 1. The van der Waals surface area contributed by atoms with Gasteiger partial charge in [-0.25, -0.2) is 0 Å². The molecular weight excluding hydrogens is 284 g/mol. The molecule has 0 aromatic carbocycles. The monoisotopic (exact) mass is 294 g/mol. The highest BCUT2D eigenvalue weighted by molar-refractivity contribution is 7.19. The van der Waals surface area contributed by atoms with Crippen molar-refractivity contribution in [2.75, 3.05) is 0 Å². The van der Waals surface area contributed by atoms with E-state index < -0.39 is 0 Å². The van der Waals surface area contributed by atoms with Crippen LogP contribution in [0.3, 0.4) is 0 Å². The highest BCUT2D eigenvalue weighted by Crippen LogP contribution is 2.31. The number of pyridine rings is 1. The number of nitrogens with zero attached hydrogens (tertiary/aromatic N) is 2. The fourth-order valence-electron chi connectivity index (χ4n) is 2.17. The summed E-state index contributed by atoms with van der Waals surface area (Å²) in [4.78, 5) is 30.0. The van der Waals surface area contributed by atoms with Crippen molar-refractivity contribution in [3.8, 4) is 0 Å². The maximum atomic E-state index is 11.8. The molecule has 4 nitrogen and oxygen atoms in total. The third kappa shape index (κ3) is 2.35. The Hall–Kier alpha value is -1.46. The van der Waals surface area contributed by atoms with E-state index in [1.165, 1.54) is 16.2 Å². The Morgan fingerprint density at radius 2 is 2.05 bits per heavy atom. The zero-order chi connectivity index (χ0) is 13.4. The minimum Gasteiger partial charge on any atom is -0.277 e. The summed E-state index contributed by atoms with van der Waals surface area (Å²) in [7, 11) is 0. The maximum Gasteiger partial charge on any atom is 0.229 e. The van der Waals surface area contributed by atoms with Gasteiger partial charge in [0.1, 0.15) is 0 Å². The van der Waals surface area contributed by atoms with Gasteiger partial charge in [-0.3, -0.25) is 19.5 Å². The molecule has 0 bridgehead atoms. The van der Waals surface area contributed by atoms with Crippen LogP contribution in [0.15, 0.2) is 18.3 Å². The van der Waals surface area contributed by atoms with E-state index in [4.69, 9.17) is 11.6 Å². The Labute approximate surface area is 119 Å². The minimum atomic E-state index is -0.0900. The second kappa shape index (κ2) is 4.90. The molecule has 0 spiro atoms. The molecule has 0 saturated carbocycles. The first-order chi connectivity index (χ1) is 9.15. The Balaban J connectivity index is 1.90. The topological polar surface area (TPSA) is 50.3 Å². The van der Waals surface area contributed by atoms with E-state index in [9.17, 15) is 9.59 Å². The molecule has 0 N–H and O–H groups in total. The van der Waals surface area contributed by atoms with Crippen LogP contribution < -0.4 is 0 Å². The molecule has 3 rings (SSSR count). The summed E-state index contributed by atoms with van der Waals surface area (Å²) >= 11 is 7.57. The Kier molecular flexibility index (Phi) is 3.24. The number of hydrogen-bond acceptors (Lipinski definition) is 4. The van der Waals surface area contributed by atoms with Crippen molar-refractivity contribution in [3.63, 3.8) is 0 Å². The number of carbonyl (C=O) groups is 2. The fraction of sp³-hybridized carbons (Fsp3) is 0.308. The van der Waals surface area contributed by atoms with Gasteiger partial charge in [0.15, 0.2) is 0 Å². The van der Waals surface area contributed by atoms with Crippen molar-refractivity contribution < 1.29 is 9.59 Å². The molecule has 6 heteroatoms. The predicted octanol–water partition coefficient (Wildman–Crippen LogP) is 2.99. The molecule has 0 atom stereocenters. The molecule has 1 saturated heterocycles. The Morgan fingerprint density at radius 3 is 2.74 bits per heavy atom. The molecular formula is C13H11ClN2O2S. The van der Waals surface area contributed by atoms with Crippen molar-refractivity contribution in [2.24, 2.45) is 0 Å². The maximum absolute atomic E-state index is 11.8. The Morgan fingerprint density at radius 1 is 1.32 bits per heavy atom. The second-order valence-corrected chi connectivity index (χ2v) is 5.99. The molecule has 19 heavy (non-hydrogen) atoms. The molecule has 0 unspecified atom stereocenters. The number of imide groups is 1. The van der Waals surface area contributed by atoms with Crippen molar-refractivity contribution in [2.45, 2.75) is 25.8 Å². The molecule has 1 aliphatic heterocycles. The number of thiophene rings is 1. The minimum absolute atomic E-state index is 0.0900. The molecule has 3 heterocycles. The summed E-state index contributed by atoms with van der Waals surface area (Å²) in [6.07, 6.45) is 3.22. The number of rotatable bonds is 2. The summed E-state index contributed by atoms with van der Waals surface area (Å²) in [6, 6.07) is 3.63. The first-order valence-corrected chi connectivity index (χ1v) is 7.21. The van der Waals surface area contributed by atoms with Gasteiger partial charge in [0.2, 0.25) is 11.8 Å². The molecule has 2 aromatic rings. The summed E-state index contributed by atoms with van der Waals surface area (Å²) in [5, 5.41) is 0.651. The smallest absolute Gasteiger partial charge is 0.229 e. The molecule has 0 radical (unpaired) electrons. The van der Waals surface area contributed by atoms with Gasteiger partial charge < -0.3 is 0 Å². The van der Waals surface area contributed by atoms with Crippen LogP contribution in [0.25, 0.3) is 10.2 Å². The number of amides is 2. The fourth-order valence-corrected chi connectivity index (χ4v) is 3.44. The van der Waals surface area contributed by atoms with Gasteiger partial charge in [-0.1, -0.05) is 11.6 Å². The number of fused-ring (bicyclic) bond motifs is 1. The van der Waals surface area contributed by atoms with Crippen molar-refractivity contribution >= 4 is 45.0 Å². The molecule has 98 valence electrons. The van der Waals surface area contributed by atoms with Crippen LogP contribution in [0.4, 0.5) is 0 Å². The van der Waals surface area contributed by atoms with Crippen LogP contribution in [0.5, 0.6) is 0 Å². The SMILES string of the molecule is O=C1CCCC(=O)N1Cc1cc2nccc(Cl)c2s1.